The minimum Gasteiger partial charge on any atom is -0.394 e. The lowest BCUT2D eigenvalue weighted by molar-refractivity contribution is -0.301. The molecule has 1 aromatic rings. The number of hydrogen-bond donors (Lipinski definition) is 5. The number of amides is 1. The normalized spacial score (nSPS) is 30.2. The van der Waals surface area contributed by atoms with Gasteiger partial charge in [0, 0.05) is 38.3 Å². The van der Waals surface area contributed by atoms with Gasteiger partial charge in [0.25, 0.3) is 0 Å². The minimum absolute atomic E-state index is 0.154. The Hall–Kier alpha value is -2.12. The molecular formula is C28H43FN4O6. The van der Waals surface area contributed by atoms with Crippen LogP contribution in [-0.2, 0) is 27.1 Å². The van der Waals surface area contributed by atoms with Crippen LogP contribution in [0.1, 0.15) is 37.8 Å². The number of benzene rings is 1. The van der Waals surface area contributed by atoms with E-state index < -0.39 is 43.6 Å². The fourth-order valence-corrected chi connectivity index (χ4v) is 5.26. The highest BCUT2D eigenvalue weighted by atomic mass is 19.1. The van der Waals surface area contributed by atoms with Gasteiger partial charge in [-0.25, -0.2) is 9.82 Å². The van der Waals surface area contributed by atoms with E-state index in [0.29, 0.717) is 12.8 Å². The van der Waals surface area contributed by atoms with E-state index in [0.717, 1.165) is 55.9 Å². The summed E-state index contributed by atoms with van der Waals surface area (Å²) in [6, 6.07) is 8.27. The molecule has 6 unspecified atom stereocenters. The van der Waals surface area contributed by atoms with Gasteiger partial charge in [0.05, 0.1) is 6.61 Å². The molecule has 0 spiro atoms. The van der Waals surface area contributed by atoms with Gasteiger partial charge in [0.2, 0.25) is 5.91 Å². The van der Waals surface area contributed by atoms with Crippen molar-refractivity contribution in [3.8, 4) is 0 Å². The number of likely N-dealkylation sites (N-methyl/N-ethyl adjacent to an activating group) is 1. The van der Waals surface area contributed by atoms with Gasteiger partial charge in [-0.05, 0) is 48.9 Å². The zero-order chi connectivity index (χ0) is 28.1. The SMILES string of the molecule is CC(C)C1=C(Cc2ccc(CCCC(=O)N3CCN(C)CC3)cc2)C(OC2OC(CO)C(F)C(O)C2O)NN1. The van der Waals surface area contributed by atoms with Crippen LogP contribution >= 0.6 is 0 Å². The number of aliphatic hydroxyl groups excluding tert-OH is 3. The number of rotatable bonds is 10. The Morgan fingerprint density at radius 3 is 2.44 bits per heavy atom. The largest absolute Gasteiger partial charge is 0.394 e. The average Bonchev–Trinajstić information content (AvgIpc) is 3.32. The van der Waals surface area contributed by atoms with Crippen LogP contribution in [0.2, 0.25) is 0 Å². The fourth-order valence-electron chi connectivity index (χ4n) is 5.26. The van der Waals surface area contributed by atoms with Crippen molar-refractivity contribution in [2.45, 2.75) is 76.5 Å². The molecule has 1 amide bonds. The third kappa shape index (κ3) is 7.35. The first-order valence-corrected chi connectivity index (χ1v) is 13.9. The molecule has 0 bridgehead atoms. The van der Waals surface area contributed by atoms with Gasteiger partial charge >= 0.3 is 0 Å². The van der Waals surface area contributed by atoms with Gasteiger partial charge in [-0.2, -0.15) is 0 Å². The van der Waals surface area contributed by atoms with Crippen molar-refractivity contribution in [2.75, 3.05) is 39.8 Å². The van der Waals surface area contributed by atoms with Crippen LogP contribution in [0.4, 0.5) is 4.39 Å². The molecule has 218 valence electrons. The van der Waals surface area contributed by atoms with Gasteiger partial charge in [-0.1, -0.05) is 38.1 Å². The van der Waals surface area contributed by atoms with Gasteiger partial charge in [-0.15, -0.1) is 0 Å². The molecule has 0 radical (unpaired) electrons. The maximum absolute atomic E-state index is 14.2. The standard InChI is InChI=1S/C28H43FN4O6/c1-17(2)24-20(27(31-30-24)39-28-26(37)25(36)23(29)21(16-34)38-28)15-19-9-7-18(8-10-19)5-4-6-22(35)33-13-11-32(3)12-14-33/h7-10,17,21,23,25-28,30-31,34,36-37H,4-6,11-16H2,1-3H3. The molecule has 39 heavy (non-hydrogen) atoms. The summed E-state index contributed by atoms with van der Waals surface area (Å²) in [6.07, 6.45) is -5.79. The topological polar surface area (TPSA) is 127 Å². The van der Waals surface area contributed by atoms with Crippen molar-refractivity contribution in [1.82, 2.24) is 20.7 Å². The number of alkyl halides is 1. The highest BCUT2D eigenvalue weighted by Crippen LogP contribution is 2.29. The predicted octanol–water partition coefficient (Wildman–Crippen LogP) is 0.464. The van der Waals surface area contributed by atoms with Crippen LogP contribution < -0.4 is 10.9 Å². The molecule has 3 heterocycles. The summed E-state index contributed by atoms with van der Waals surface area (Å²) < 4.78 is 25.5. The summed E-state index contributed by atoms with van der Waals surface area (Å²) in [5, 5.41) is 29.8. The second-order valence-electron chi connectivity index (χ2n) is 11.1. The molecule has 6 atom stereocenters. The summed E-state index contributed by atoms with van der Waals surface area (Å²) in [4.78, 5) is 16.7. The number of aliphatic hydroxyl groups is 3. The molecule has 5 N–H and O–H groups in total. The Labute approximate surface area is 229 Å². The zero-order valence-corrected chi connectivity index (χ0v) is 23.1. The van der Waals surface area contributed by atoms with Gasteiger partial charge in [0.1, 0.15) is 18.3 Å². The molecule has 0 aromatic heterocycles. The van der Waals surface area contributed by atoms with E-state index in [1.165, 1.54) is 5.56 Å². The molecule has 1 aromatic carbocycles. The lowest BCUT2D eigenvalue weighted by Gasteiger charge is -2.39. The van der Waals surface area contributed by atoms with Crippen LogP contribution in [-0.4, -0.2) is 108 Å². The first-order chi connectivity index (χ1) is 18.7. The smallest absolute Gasteiger partial charge is 0.222 e. The highest BCUT2D eigenvalue weighted by Gasteiger charge is 2.46. The number of piperazine rings is 1. The van der Waals surface area contributed by atoms with Crippen molar-refractivity contribution in [1.29, 1.82) is 0 Å². The number of hydrazine groups is 1. The molecule has 3 aliphatic heterocycles. The highest BCUT2D eigenvalue weighted by molar-refractivity contribution is 5.76. The molecule has 0 saturated carbocycles. The number of nitrogens with one attached hydrogen (secondary N) is 2. The Bertz CT molecular complexity index is 983. The lowest BCUT2D eigenvalue weighted by atomic mass is 9.96. The number of halogens is 1. The van der Waals surface area contributed by atoms with Crippen LogP contribution in [0, 0.1) is 5.92 Å². The van der Waals surface area contributed by atoms with E-state index in [4.69, 9.17) is 9.47 Å². The lowest BCUT2D eigenvalue weighted by Crippen LogP contribution is -2.59. The van der Waals surface area contributed by atoms with E-state index in [-0.39, 0.29) is 11.8 Å². The van der Waals surface area contributed by atoms with E-state index in [1.807, 2.05) is 18.7 Å². The number of carbonyl (C=O) groups excluding carboxylic acids is 1. The number of allylic oxidation sites excluding steroid dienone is 1. The summed E-state index contributed by atoms with van der Waals surface area (Å²) in [7, 11) is 2.08. The molecule has 11 heteroatoms. The zero-order valence-electron chi connectivity index (χ0n) is 23.1. The van der Waals surface area contributed by atoms with Gasteiger partial charge < -0.3 is 40.0 Å². The monoisotopic (exact) mass is 550 g/mol. The molecule has 0 aliphatic carbocycles. The molecule has 3 aliphatic rings. The van der Waals surface area contributed by atoms with Crippen LogP contribution in [0.25, 0.3) is 0 Å². The minimum atomic E-state index is -1.91. The van der Waals surface area contributed by atoms with Gasteiger partial charge in [-0.3, -0.25) is 4.79 Å². The average molecular weight is 551 g/mol. The number of hydrogen-bond acceptors (Lipinski definition) is 9. The van der Waals surface area contributed by atoms with Crippen molar-refractivity contribution in [3.63, 3.8) is 0 Å². The van der Waals surface area contributed by atoms with Crippen molar-refractivity contribution in [3.05, 3.63) is 46.7 Å². The Morgan fingerprint density at radius 1 is 1.13 bits per heavy atom. The maximum atomic E-state index is 14.2. The van der Waals surface area contributed by atoms with E-state index >= 15 is 0 Å². The first kappa shape index (κ1) is 29.9. The number of aryl methyl sites for hydroxylation is 1. The number of carbonyl (C=O) groups is 1. The number of ether oxygens (including phenoxy) is 2. The second-order valence-corrected chi connectivity index (χ2v) is 11.1. The van der Waals surface area contributed by atoms with Crippen molar-refractivity contribution < 1.29 is 34.0 Å². The summed E-state index contributed by atoms with van der Waals surface area (Å²) in [5.41, 5.74) is 10.3. The number of nitrogens with zero attached hydrogens (tertiary/aromatic N) is 2. The summed E-state index contributed by atoms with van der Waals surface area (Å²) in [6.45, 7) is 6.91. The van der Waals surface area contributed by atoms with E-state index in [1.54, 1.807) is 0 Å². The van der Waals surface area contributed by atoms with E-state index in [2.05, 4.69) is 47.1 Å². The third-order valence-electron chi connectivity index (χ3n) is 7.78. The molecular weight excluding hydrogens is 507 g/mol. The Morgan fingerprint density at radius 2 is 1.79 bits per heavy atom. The van der Waals surface area contributed by atoms with Crippen LogP contribution in [0.5, 0.6) is 0 Å². The molecule has 2 fully saturated rings. The first-order valence-electron chi connectivity index (χ1n) is 13.9. The van der Waals surface area contributed by atoms with Crippen molar-refractivity contribution >= 4 is 5.91 Å². The summed E-state index contributed by atoms with van der Waals surface area (Å²) in [5.74, 6) is 0.383. The van der Waals surface area contributed by atoms with Crippen LogP contribution in [0.15, 0.2) is 35.5 Å². The van der Waals surface area contributed by atoms with Crippen molar-refractivity contribution in [2.24, 2.45) is 5.92 Å². The third-order valence-corrected chi connectivity index (χ3v) is 7.78. The Balaban J connectivity index is 1.34. The Kier molecular flexibility index (Phi) is 10.3. The predicted molar refractivity (Wildman–Crippen MR) is 143 cm³/mol. The van der Waals surface area contributed by atoms with E-state index in [9.17, 15) is 24.5 Å². The van der Waals surface area contributed by atoms with Crippen LogP contribution in [0.3, 0.4) is 0 Å². The second kappa shape index (κ2) is 13.5. The molecule has 4 rings (SSSR count). The summed E-state index contributed by atoms with van der Waals surface area (Å²) >= 11 is 0. The molecule has 10 nitrogen and oxygen atoms in total. The quantitative estimate of drug-likeness (QED) is 0.283. The maximum Gasteiger partial charge on any atom is 0.222 e. The molecule has 2 saturated heterocycles. The van der Waals surface area contributed by atoms with Gasteiger partial charge in [0.15, 0.2) is 18.7 Å². The fraction of sp³-hybridized carbons (Fsp3) is 0.679.